The van der Waals surface area contributed by atoms with Crippen LogP contribution in [0.1, 0.15) is 37.6 Å². The van der Waals surface area contributed by atoms with E-state index < -0.39 is 6.10 Å². The summed E-state index contributed by atoms with van der Waals surface area (Å²) in [6.07, 6.45) is 0.640. The van der Waals surface area contributed by atoms with Gasteiger partial charge < -0.3 is 10.4 Å². The molecule has 1 atom stereocenters. The smallest absolute Gasteiger partial charge is 0.126 e. The van der Waals surface area contributed by atoms with Crippen molar-refractivity contribution in [2.24, 2.45) is 0 Å². The second-order valence-electron chi connectivity index (χ2n) is 3.47. The predicted molar refractivity (Wildman–Crippen MR) is 58.4 cm³/mol. The molecule has 0 bridgehead atoms. The van der Waals surface area contributed by atoms with E-state index >= 15 is 0 Å². The average molecular weight is 194 g/mol. The van der Waals surface area contributed by atoms with Crippen LogP contribution in [0.3, 0.4) is 0 Å². The van der Waals surface area contributed by atoms with Crippen LogP contribution in [0.5, 0.6) is 0 Å². The van der Waals surface area contributed by atoms with Gasteiger partial charge in [0.05, 0.1) is 6.10 Å². The van der Waals surface area contributed by atoms with E-state index in [2.05, 4.69) is 17.2 Å². The molecule has 1 heterocycles. The summed E-state index contributed by atoms with van der Waals surface area (Å²) in [7, 11) is 0. The normalized spacial score (nSPS) is 12.6. The molecule has 78 valence electrons. The summed E-state index contributed by atoms with van der Waals surface area (Å²) in [6, 6.07) is 3.83. The van der Waals surface area contributed by atoms with Gasteiger partial charge in [-0.1, -0.05) is 13.0 Å². The molecule has 0 saturated carbocycles. The fourth-order valence-corrected chi connectivity index (χ4v) is 1.36. The first kappa shape index (κ1) is 11.0. The van der Waals surface area contributed by atoms with Crippen molar-refractivity contribution >= 4 is 5.82 Å². The predicted octanol–water partition coefficient (Wildman–Crippen LogP) is 2.27. The number of pyridine rings is 1. The Morgan fingerprint density at radius 3 is 2.71 bits per heavy atom. The van der Waals surface area contributed by atoms with Crippen molar-refractivity contribution in [2.75, 3.05) is 11.9 Å². The number of rotatable bonds is 4. The topological polar surface area (TPSA) is 45.1 Å². The van der Waals surface area contributed by atoms with E-state index in [1.807, 2.05) is 19.1 Å². The number of aliphatic hydroxyl groups excluding tert-OH is 1. The largest absolute Gasteiger partial charge is 0.389 e. The molecule has 1 rings (SSSR count). The zero-order valence-corrected chi connectivity index (χ0v) is 9.04. The molecule has 0 saturated heterocycles. The maximum Gasteiger partial charge on any atom is 0.126 e. The number of nitrogens with zero attached hydrogens (tertiary/aromatic N) is 1. The lowest BCUT2D eigenvalue weighted by atomic mass is 10.1. The summed E-state index contributed by atoms with van der Waals surface area (Å²) in [4.78, 5) is 4.36. The Balaban J connectivity index is 2.78. The number of nitrogens with one attached hydrogen (secondary N) is 1. The van der Waals surface area contributed by atoms with Crippen molar-refractivity contribution in [2.45, 2.75) is 33.3 Å². The number of aromatic nitrogens is 1. The van der Waals surface area contributed by atoms with Gasteiger partial charge in [0, 0.05) is 17.8 Å². The zero-order chi connectivity index (χ0) is 10.6. The van der Waals surface area contributed by atoms with E-state index in [4.69, 9.17) is 0 Å². The first-order chi connectivity index (χ1) is 6.65. The van der Waals surface area contributed by atoms with Crippen molar-refractivity contribution in [3.8, 4) is 0 Å². The molecule has 14 heavy (non-hydrogen) atoms. The average Bonchev–Trinajstić information content (AvgIpc) is 2.14. The lowest BCUT2D eigenvalue weighted by molar-refractivity contribution is 0.198. The number of aryl methyl sites for hydroxylation is 1. The van der Waals surface area contributed by atoms with Crippen molar-refractivity contribution in [1.29, 1.82) is 0 Å². The van der Waals surface area contributed by atoms with Crippen molar-refractivity contribution in [1.82, 2.24) is 4.98 Å². The van der Waals surface area contributed by atoms with Gasteiger partial charge in [-0.05, 0) is 26.3 Å². The van der Waals surface area contributed by atoms with Crippen LogP contribution in [0, 0.1) is 6.92 Å². The molecule has 0 spiro atoms. The molecule has 0 aliphatic heterocycles. The van der Waals surface area contributed by atoms with Gasteiger partial charge in [0.15, 0.2) is 0 Å². The van der Waals surface area contributed by atoms with Gasteiger partial charge in [-0.3, -0.25) is 0 Å². The van der Waals surface area contributed by atoms with Crippen LogP contribution in [-0.4, -0.2) is 16.6 Å². The second-order valence-corrected chi connectivity index (χ2v) is 3.47. The minimum atomic E-state index is -0.442. The summed E-state index contributed by atoms with van der Waals surface area (Å²) in [5, 5.41) is 12.6. The Morgan fingerprint density at radius 1 is 1.50 bits per heavy atom. The summed E-state index contributed by atoms with van der Waals surface area (Å²) >= 11 is 0. The SMILES string of the molecule is CCCNc1ccc(C(C)O)c(C)n1. The zero-order valence-electron chi connectivity index (χ0n) is 9.04. The molecule has 2 N–H and O–H groups in total. The molecule has 1 unspecified atom stereocenters. The first-order valence-corrected chi connectivity index (χ1v) is 5.04. The minimum absolute atomic E-state index is 0.442. The van der Waals surface area contributed by atoms with Gasteiger partial charge in [0.1, 0.15) is 5.82 Å². The Hall–Kier alpha value is -1.09. The Kier molecular flexibility index (Phi) is 3.89. The number of hydrogen-bond acceptors (Lipinski definition) is 3. The second kappa shape index (κ2) is 4.96. The van der Waals surface area contributed by atoms with Gasteiger partial charge in [0.2, 0.25) is 0 Å². The van der Waals surface area contributed by atoms with Gasteiger partial charge in [-0.2, -0.15) is 0 Å². The third-order valence-electron chi connectivity index (χ3n) is 2.13. The fraction of sp³-hybridized carbons (Fsp3) is 0.545. The molecule has 3 heteroatoms. The maximum absolute atomic E-state index is 9.41. The van der Waals surface area contributed by atoms with Crippen LogP contribution in [0.15, 0.2) is 12.1 Å². The molecule has 1 aromatic heterocycles. The van der Waals surface area contributed by atoms with E-state index in [0.717, 1.165) is 30.0 Å². The number of aliphatic hydroxyl groups is 1. The van der Waals surface area contributed by atoms with Crippen LogP contribution in [0.2, 0.25) is 0 Å². The third-order valence-corrected chi connectivity index (χ3v) is 2.13. The van der Waals surface area contributed by atoms with E-state index in [0.29, 0.717) is 0 Å². The van der Waals surface area contributed by atoms with E-state index in [1.54, 1.807) is 6.92 Å². The Labute approximate surface area is 85.2 Å². The van der Waals surface area contributed by atoms with Crippen LogP contribution < -0.4 is 5.32 Å². The summed E-state index contributed by atoms with van der Waals surface area (Å²) < 4.78 is 0. The fourth-order valence-electron chi connectivity index (χ4n) is 1.36. The third kappa shape index (κ3) is 2.70. The Bertz CT molecular complexity index is 297. The van der Waals surface area contributed by atoms with E-state index in [9.17, 15) is 5.11 Å². The molecule has 0 aliphatic carbocycles. The highest BCUT2D eigenvalue weighted by atomic mass is 16.3. The van der Waals surface area contributed by atoms with Gasteiger partial charge in [-0.15, -0.1) is 0 Å². The standard InChI is InChI=1S/C11H18N2O/c1-4-7-12-11-6-5-10(9(3)14)8(2)13-11/h5-6,9,14H,4,7H2,1-3H3,(H,12,13). The summed E-state index contributed by atoms with van der Waals surface area (Å²) in [6.45, 7) is 6.72. The molecule has 0 aromatic carbocycles. The highest BCUT2D eigenvalue weighted by molar-refractivity contribution is 5.38. The number of anilines is 1. The van der Waals surface area contributed by atoms with Gasteiger partial charge in [0.25, 0.3) is 0 Å². The first-order valence-electron chi connectivity index (χ1n) is 5.04. The van der Waals surface area contributed by atoms with Crippen LogP contribution in [0.25, 0.3) is 0 Å². The molecule has 1 aromatic rings. The maximum atomic E-state index is 9.41. The highest BCUT2D eigenvalue weighted by Gasteiger charge is 2.05. The van der Waals surface area contributed by atoms with E-state index in [-0.39, 0.29) is 0 Å². The Morgan fingerprint density at radius 2 is 2.21 bits per heavy atom. The van der Waals surface area contributed by atoms with Crippen LogP contribution in [-0.2, 0) is 0 Å². The molecule has 0 fully saturated rings. The molecule has 0 radical (unpaired) electrons. The minimum Gasteiger partial charge on any atom is -0.389 e. The van der Waals surface area contributed by atoms with Crippen LogP contribution in [0.4, 0.5) is 5.82 Å². The lowest BCUT2D eigenvalue weighted by Gasteiger charge is -2.10. The molecular weight excluding hydrogens is 176 g/mol. The highest BCUT2D eigenvalue weighted by Crippen LogP contribution is 2.17. The monoisotopic (exact) mass is 194 g/mol. The lowest BCUT2D eigenvalue weighted by Crippen LogP contribution is -2.04. The summed E-state index contributed by atoms with van der Waals surface area (Å²) in [5.41, 5.74) is 1.79. The molecule has 0 aliphatic rings. The van der Waals surface area contributed by atoms with Crippen molar-refractivity contribution in [3.63, 3.8) is 0 Å². The van der Waals surface area contributed by atoms with Gasteiger partial charge in [-0.25, -0.2) is 4.98 Å². The molecule has 3 nitrogen and oxygen atoms in total. The number of hydrogen-bond donors (Lipinski definition) is 2. The van der Waals surface area contributed by atoms with Crippen LogP contribution >= 0.6 is 0 Å². The van der Waals surface area contributed by atoms with E-state index in [1.165, 1.54) is 0 Å². The quantitative estimate of drug-likeness (QED) is 0.772. The van der Waals surface area contributed by atoms with Crippen molar-refractivity contribution in [3.05, 3.63) is 23.4 Å². The molecule has 0 amide bonds. The summed E-state index contributed by atoms with van der Waals surface area (Å²) in [5.74, 6) is 0.883. The van der Waals surface area contributed by atoms with Gasteiger partial charge >= 0.3 is 0 Å². The molecular formula is C11H18N2O. The van der Waals surface area contributed by atoms with Crippen molar-refractivity contribution < 1.29 is 5.11 Å².